The number of imidazole rings is 1. The first kappa shape index (κ1) is 21.0. The fraction of sp³-hybridized carbons (Fsp3) is 0.600. The Kier molecular flexibility index (Phi) is 7.73. The number of nitrogens with zero attached hydrogens (tertiary/aromatic N) is 3. The predicted molar refractivity (Wildman–Crippen MR) is 120 cm³/mol. The van der Waals surface area contributed by atoms with Gasteiger partial charge in [0, 0.05) is 33.1 Å². The zero-order valence-corrected chi connectivity index (χ0v) is 18.5. The Labute approximate surface area is 174 Å². The van der Waals surface area contributed by atoms with Crippen LogP contribution in [-0.2, 0) is 6.42 Å². The van der Waals surface area contributed by atoms with Gasteiger partial charge in [-0.25, -0.2) is 4.98 Å². The van der Waals surface area contributed by atoms with E-state index in [1.54, 1.807) is 0 Å². The van der Waals surface area contributed by atoms with Crippen LogP contribution in [0.5, 0.6) is 0 Å². The molecule has 1 aliphatic heterocycles. The van der Waals surface area contributed by atoms with Gasteiger partial charge in [0.2, 0.25) is 0 Å². The summed E-state index contributed by atoms with van der Waals surface area (Å²) in [5.41, 5.74) is 2.56. The van der Waals surface area contributed by atoms with E-state index >= 15 is 0 Å². The maximum atomic E-state index is 4.65. The van der Waals surface area contributed by atoms with E-state index in [-0.39, 0.29) is 24.0 Å². The summed E-state index contributed by atoms with van der Waals surface area (Å²) in [4.78, 5) is 15.0. The van der Waals surface area contributed by atoms with Crippen molar-refractivity contribution in [3.8, 4) is 0 Å². The first-order chi connectivity index (χ1) is 12.1. The van der Waals surface area contributed by atoms with Gasteiger partial charge in [0.1, 0.15) is 5.82 Å². The van der Waals surface area contributed by atoms with Crippen LogP contribution < -0.4 is 5.32 Å². The summed E-state index contributed by atoms with van der Waals surface area (Å²) in [7, 11) is 1.88. The average Bonchev–Trinajstić information content (AvgIpc) is 3.01. The number of aliphatic imine (C=N–C) groups is 1. The lowest BCUT2D eigenvalue weighted by Gasteiger charge is -2.42. The van der Waals surface area contributed by atoms with Crippen molar-refractivity contribution in [2.24, 2.45) is 10.4 Å². The Hall–Kier alpha value is -1.31. The standard InChI is InChI=1S/C20H31N5.HI/c1-4-11-20(2)12-7-14-25(15-20)19(21-3)22-13-10-18-23-16-8-5-6-9-17(16)24-18;/h5-6,8-9H,4,7,10-15H2,1-3H3,(H,21,22)(H,23,24);1H. The number of H-pyrrole nitrogens is 1. The van der Waals surface area contributed by atoms with Crippen molar-refractivity contribution >= 4 is 41.0 Å². The van der Waals surface area contributed by atoms with Crippen LogP contribution >= 0.6 is 24.0 Å². The second kappa shape index (κ2) is 9.58. The Balaban J connectivity index is 0.00000243. The molecule has 26 heavy (non-hydrogen) atoms. The SMILES string of the molecule is CCCC1(C)CCCN(C(=NC)NCCc2nc3ccccc3[nH]2)C1.I. The Morgan fingerprint density at radius 2 is 2.19 bits per heavy atom. The molecule has 1 saturated heterocycles. The number of rotatable bonds is 5. The largest absolute Gasteiger partial charge is 0.356 e. The van der Waals surface area contributed by atoms with Gasteiger partial charge in [-0.3, -0.25) is 4.99 Å². The van der Waals surface area contributed by atoms with E-state index in [9.17, 15) is 0 Å². The second-order valence-corrected chi connectivity index (χ2v) is 7.51. The van der Waals surface area contributed by atoms with E-state index in [2.05, 4.69) is 45.1 Å². The number of likely N-dealkylation sites (tertiary alicyclic amines) is 1. The first-order valence-corrected chi connectivity index (χ1v) is 9.53. The minimum Gasteiger partial charge on any atom is -0.356 e. The Morgan fingerprint density at radius 1 is 1.38 bits per heavy atom. The predicted octanol–water partition coefficient (Wildman–Crippen LogP) is 4.20. The van der Waals surface area contributed by atoms with E-state index < -0.39 is 0 Å². The normalized spacial score (nSPS) is 20.9. The molecule has 2 N–H and O–H groups in total. The third kappa shape index (κ3) is 5.11. The molecule has 144 valence electrons. The molecule has 1 fully saturated rings. The van der Waals surface area contributed by atoms with E-state index in [1.807, 2.05) is 25.2 Å². The molecular formula is C20H32IN5. The van der Waals surface area contributed by atoms with Crippen LogP contribution in [0.15, 0.2) is 29.3 Å². The molecular weight excluding hydrogens is 437 g/mol. The van der Waals surface area contributed by atoms with Gasteiger partial charge in [-0.2, -0.15) is 0 Å². The van der Waals surface area contributed by atoms with Gasteiger partial charge in [0.15, 0.2) is 5.96 Å². The number of guanidine groups is 1. The van der Waals surface area contributed by atoms with E-state index in [0.29, 0.717) is 5.41 Å². The highest BCUT2D eigenvalue weighted by molar-refractivity contribution is 14.0. The van der Waals surface area contributed by atoms with Crippen molar-refractivity contribution < 1.29 is 0 Å². The molecule has 0 radical (unpaired) electrons. The number of aromatic nitrogens is 2. The molecule has 0 bridgehead atoms. The van der Waals surface area contributed by atoms with Crippen molar-refractivity contribution in [1.82, 2.24) is 20.2 Å². The number of nitrogens with one attached hydrogen (secondary N) is 2. The minimum atomic E-state index is 0. The zero-order valence-electron chi connectivity index (χ0n) is 16.2. The lowest BCUT2D eigenvalue weighted by atomic mass is 9.78. The van der Waals surface area contributed by atoms with Crippen LogP contribution in [0, 0.1) is 5.41 Å². The molecule has 5 nitrogen and oxygen atoms in total. The molecule has 1 aromatic carbocycles. The molecule has 1 aromatic heterocycles. The quantitative estimate of drug-likeness (QED) is 0.392. The van der Waals surface area contributed by atoms with Gasteiger partial charge in [0.05, 0.1) is 11.0 Å². The lowest BCUT2D eigenvalue weighted by molar-refractivity contribution is 0.142. The van der Waals surface area contributed by atoms with Crippen LogP contribution in [-0.4, -0.2) is 47.5 Å². The number of piperidine rings is 1. The molecule has 0 amide bonds. The van der Waals surface area contributed by atoms with Gasteiger partial charge in [-0.15, -0.1) is 24.0 Å². The molecule has 6 heteroatoms. The summed E-state index contributed by atoms with van der Waals surface area (Å²) < 4.78 is 0. The van der Waals surface area contributed by atoms with Gasteiger partial charge >= 0.3 is 0 Å². The molecule has 2 aromatic rings. The molecule has 3 rings (SSSR count). The molecule has 0 saturated carbocycles. The molecule has 0 aliphatic carbocycles. The van der Waals surface area contributed by atoms with E-state index in [0.717, 1.165) is 48.9 Å². The van der Waals surface area contributed by atoms with Crippen molar-refractivity contribution in [3.05, 3.63) is 30.1 Å². The second-order valence-electron chi connectivity index (χ2n) is 7.51. The number of aromatic amines is 1. The highest BCUT2D eigenvalue weighted by Crippen LogP contribution is 2.33. The van der Waals surface area contributed by atoms with Crippen molar-refractivity contribution in [2.75, 3.05) is 26.7 Å². The summed E-state index contributed by atoms with van der Waals surface area (Å²) in [5, 5.41) is 3.53. The lowest BCUT2D eigenvalue weighted by Crippen LogP contribution is -2.50. The number of halogens is 1. The van der Waals surface area contributed by atoms with Gasteiger partial charge in [-0.1, -0.05) is 32.4 Å². The summed E-state index contributed by atoms with van der Waals surface area (Å²) in [6.45, 7) is 7.75. The van der Waals surface area contributed by atoms with E-state index in [1.165, 1.54) is 25.7 Å². The minimum absolute atomic E-state index is 0. The van der Waals surface area contributed by atoms with E-state index in [4.69, 9.17) is 0 Å². The van der Waals surface area contributed by atoms with Crippen molar-refractivity contribution in [3.63, 3.8) is 0 Å². The smallest absolute Gasteiger partial charge is 0.193 e. The monoisotopic (exact) mass is 469 g/mol. The van der Waals surface area contributed by atoms with Gasteiger partial charge in [-0.05, 0) is 36.8 Å². The first-order valence-electron chi connectivity index (χ1n) is 9.53. The average molecular weight is 469 g/mol. The van der Waals surface area contributed by atoms with Crippen LogP contribution in [0.1, 0.15) is 45.4 Å². The molecule has 1 aliphatic rings. The highest BCUT2D eigenvalue weighted by atomic mass is 127. The summed E-state index contributed by atoms with van der Waals surface area (Å²) in [5.74, 6) is 2.05. The number of para-hydroxylation sites is 2. The van der Waals surface area contributed by atoms with Crippen LogP contribution in [0.2, 0.25) is 0 Å². The number of hydrogen-bond acceptors (Lipinski definition) is 2. The molecule has 2 heterocycles. The van der Waals surface area contributed by atoms with Crippen LogP contribution in [0.4, 0.5) is 0 Å². The third-order valence-corrected chi connectivity index (χ3v) is 5.23. The van der Waals surface area contributed by atoms with Crippen molar-refractivity contribution in [1.29, 1.82) is 0 Å². The Morgan fingerprint density at radius 3 is 2.92 bits per heavy atom. The van der Waals surface area contributed by atoms with Crippen LogP contribution in [0.25, 0.3) is 11.0 Å². The van der Waals surface area contributed by atoms with Gasteiger partial charge in [0.25, 0.3) is 0 Å². The summed E-state index contributed by atoms with van der Waals surface area (Å²) >= 11 is 0. The topological polar surface area (TPSA) is 56.3 Å². The highest BCUT2D eigenvalue weighted by Gasteiger charge is 2.31. The fourth-order valence-corrected chi connectivity index (χ4v) is 4.05. The maximum Gasteiger partial charge on any atom is 0.193 e. The maximum absolute atomic E-state index is 4.65. The Bertz CT molecular complexity index is 689. The molecule has 1 unspecified atom stereocenters. The fourth-order valence-electron chi connectivity index (χ4n) is 4.05. The number of hydrogen-bond donors (Lipinski definition) is 2. The van der Waals surface area contributed by atoms with Crippen molar-refractivity contribution in [2.45, 2.75) is 46.0 Å². The number of fused-ring (bicyclic) bond motifs is 1. The number of benzene rings is 1. The zero-order chi connectivity index (χ0) is 17.7. The molecule has 0 spiro atoms. The van der Waals surface area contributed by atoms with Crippen LogP contribution in [0.3, 0.4) is 0 Å². The summed E-state index contributed by atoms with van der Waals surface area (Å²) in [6, 6.07) is 8.18. The summed E-state index contributed by atoms with van der Waals surface area (Å²) in [6.07, 6.45) is 5.99. The van der Waals surface area contributed by atoms with Gasteiger partial charge < -0.3 is 15.2 Å². The third-order valence-electron chi connectivity index (χ3n) is 5.23. The molecule has 1 atom stereocenters.